The van der Waals surface area contributed by atoms with Crippen molar-refractivity contribution in [2.45, 2.75) is 24.9 Å². The van der Waals surface area contributed by atoms with Crippen molar-refractivity contribution in [1.82, 2.24) is 25.4 Å². The quantitative estimate of drug-likeness (QED) is 0.879. The molecule has 6 nitrogen and oxygen atoms in total. The highest BCUT2D eigenvalue weighted by Crippen LogP contribution is 2.25. The van der Waals surface area contributed by atoms with Crippen LogP contribution in [-0.2, 0) is 11.3 Å². The molecule has 0 saturated carbocycles. The summed E-state index contributed by atoms with van der Waals surface area (Å²) in [5.41, 5.74) is 0.818. The lowest BCUT2D eigenvalue weighted by Gasteiger charge is -2.11. The molecule has 0 bridgehead atoms. The van der Waals surface area contributed by atoms with Gasteiger partial charge in [0.1, 0.15) is 0 Å². The van der Waals surface area contributed by atoms with Gasteiger partial charge in [-0.2, -0.15) is 5.10 Å². The summed E-state index contributed by atoms with van der Waals surface area (Å²) in [7, 11) is 0. The minimum atomic E-state index is -2.81. The zero-order valence-corrected chi connectivity index (χ0v) is 11.7. The van der Waals surface area contributed by atoms with Gasteiger partial charge in [-0.15, -0.1) is 0 Å². The molecule has 2 aromatic heterocycles. The van der Waals surface area contributed by atoms with Gasteiger partial charge in [-0.05, 0) is 23.8 Å². The monoisotopic (exact) mass is 307 g/mol. The largest absolute Gasteiger partial charge is 0.351 e. The summed E-state index contributed by atoms with van der Waals surface area (Å²) in [6, 6.07) is 4.47. The number of rotatable bonds is 4. The van der Waals surface area contributed by atoms with Crippen molar-refractivity contribution in [2.75, 3.05) is 6.54 Å². The number of carbonyl (C=O) groups excluding carboxylic acids is 1. The van der Waals surface area contributed by atoms with E-state index in [1.54, 1.807) is 41.5 Å². The van der Waals surface area contributed by atoms with E-state index in [1.807, 2.05) is 0 Å². The van der Waals surface area contributed by atoms with Crippen molar-refractivity contribution < 1.29 is 13.6 Å². The Balaban J connectivity index is 1.60. The molecule has 1 fully saturated rings. The first-order valence-electron chi connectivity index (χ1n) is 6.87. The van der Waals surface area contributed by atoms with Gasteiger partial charge < -0.3 is 5.32 Å². The predicted molar refractivity (Wildman–Crippen MR) is 74.6 cm³/mol. The molecule has 8 heteroatoms. The first-order chi connectivity index (χ1) is 10.5. The predicted octanol–water partition coefficient (Wildman–Crippen LogP) is 0.881. The number of aromatic nitrogens is 3. The number of nitrogens with zero attached hydrogens (tertiary/aromatic N) is 3. The number of hydrogen-bond acceptors (Lipinski definition) is 4. The molecule has 0 aliphatic carbocycles. The SMILES string of the molecule is O=C(NCc1ccnc(-n2cccn2)c1)C1CC(F)(F)CN1. The van der Waals surface area contributed by atoms with E-state index in [0.717, 1.165) is 5.56 Å². The molecule has 1 aliphatic heterocycles. The Morgan fingerprint density at radius 2 is 2.36 bits per heavy atom. The number of nitrogens with one attached hydrogen (secondary N) is 2. The van der Waals surface area contributed by atoms with Crippen LogP contribution in [0.4, 0.5) is 8.78 Å². The Bertz CT molecular complexity index is 659. The summed E-state index contributed by atoms with van der Waals surface area (Å²) in [6.45, 7) is -0.205. The number of halogens is 2. The third-order valence-corrected chi connectivity index (χ3v) is 3.44. The first kappa shape index (κ1) is 14.6. The second kappa shape index (κ2) is 5.80. The first-order valence-corrected chi connectivity index (χ1v) is 6.87. The van der Waals surface area contributed by atoms with Crippen molar-refractivity contribution in [2.24, 2.45) is 0 Å². The van der Waals surface area contributed by atoms with Crippen LogP contribution in [0.3, 0.4) is 0 Å². The van der Waals surface area contributed by atoms with Crippen molar-refractivity contribution in [1.29, 1.82) is 0 Å². The number of carbonyl (C=O) groups is 1. The van der Waals surface area contributed by atoms with E-state index in [0.29, 0.717) is 5.82 Å². The second-order valence-corrected chi connectivity index (χ2v) is 5.18. The maximum absolute atomic E-state index is 13.1. The van der Waals surface area contributed by atoms with Gasteiger partial charge >= 0.3 is 0 Å². The van der Waals surface area contributed by atoms with Gasteiger partial charge in [-0.3, -0.25) is 10.1 Å². The van der Waals surface area contributed by atoms with Gasteiger partial charge in [0, 0.05) is 31.6 Å². The third kappa shape index (κ3) is 3.28. The van der Waals surface area contributed by atoms with Crippen LogP contribution in [0.1, 0.15) is 12.0 Å². The number of hydrogen-bond donors (Lipinski definition) is 2. The fourth-order valence-corrected chi connectivity index (χ4v) is 2.31. The zero-order chi connectivity index (χ0) is 15.6. The molecule has 3 heterocycles. The summed E-state index contributed by atoms with van der Waals surface area (Å²) in [6.07, 6.45) is 4.55. The van der Waals surface area contributed by atoms with Crippen LogP contribution in [0.15, 0.2) is 36.8 Å². The van der Waals surface area contributed by atoms with Crippen LogP contribution < -0.4 is 10.6 Å². The van der Waals surface area contributed by atoms with Gasteiger partial charge in [0.25, 0.3) is 5.92 Å². The molecule has 3 rings (SSSR count). The van der Waals surface area contributed by atoms with Crippen molar-refractivity contribution in [3.05, 3.63) is 42.4 Å². The van der Waals surface area contributed by atoms with Gasteiger partial charge in [0.15, 0.2) is 5.82 Å². The molecule has 2 N–H and O–H groups in total. The van der Waals surface area contributed by atoms with Crippen LogP contribution in [0.25, 0.3) is 5.82 Å². The number of pyridine rings is 1. The Labute approximate surface area is 125 Å². The van der Waals surface area contributed by atoms with Gasteiger partial charge in [0.2, 0.25) is 5.91 Å². The Morgan fingerprint density at radius 1 is 1.50 bits per heavy atom. The molecule has 116 valence electrons. The lowest BCUT2D eigenvalue weighted by molar-refractivity contribution is -0.123. The molecule has 1 aliphatic rings. The Morgan fingerprint density at radius 3 is 3.05 bits per heavy atom. The molecule has 0 spiro atoms. The minimum absolute atomic E-state index is 0.249. The number of alkyl halides is 2. The van der Waals surface area contributed by atoms with Crippen molar-refractivity contribution in [3.8, 4) is 5.82 Å². The average molecular weight is 307 g/mol. The van der Waals surface area contributed by atoms with Crippen LogP contribution in [0.2, 0.25) is 0 Å². The molecule has 1 saturated heterocycles. The summed E-state index contributed by atoms with van der Waals surface area (Å²) in [4.78, 5) is 16.1. The van der Waals surface area contributed by atoms with Crippen LogP contribution >= 0.6 is 0 Å². The Hall–Kier alpha value is -2.35. The third-order valence-electron chi connectivity index (χ3n) is 3.44. The van der Waals surface area contributed by atoms with E-state index in [2.05, 4.69) is 20.7 Å². The van der Waals surface area contributed by atoms with Gasteiger partial charge in [0.05, 0.1) is 12.6 Å². The normalized spacial score (nSPS) is 20.0. The van der Waals surface area contributed by atoms with Crippen molar-refractivity contribution >= 4 is 5.91 Å². The molecule has 0 radical (unpaired) electrons. The highest BCUT2D eigenvalue weighted by atomic mass is 19.3. The average Bonchev–Trinajstić information content (AvgIpc) is 3.14. The van der Waals surface area contributed by atoms with Gasteiger partial charge in [-0.25, -0.2) is 18.4 Å². The summed E-state index contributed by atoms with van der Waals surface area (Å²) in [5, 5.41) is 9.26. The molecule has 1 atom stereocenters. The van der Waals surface area contributed by atoms with E-state index in [9.17, 15) is 13.6 Å². The molecule has 1 amide bonds. The lowest BCUT2D eigenvalue weighted by atomic mass is 10.2. The molecular formula is C14H15F2N5O. The maximum atomic E-state index is 13.1. The maximum Gasteiger partial charge on any atom is 0.262 e. The topological polar surface area (TPSA) is 71.8 Å². The summed E-state index contributed by atoms with van der Waals surface area (Å²) in [5.74, 6) is -2.61. The van der Waals surface area contributed by atoms with E-state index in [4.69, 9.17) is 0 Å². The summed E-state index contributed by atoms with van der Waals surface area (Å²) < 4.78 is 27.7. The fourth-order valence-electron chi connectivity index (χ4n) is 2.31. The molecule has 0 aromatic carbocycles. The van der Waals surface area contributed by atoms with Crippen LogP contribution in [0.5, 0.6) is 0 Å². The second-order valence-electron chi connectivity index (χ2n) is 5.18. The van der Waals surface area contributed by atoms with Crippen LogP contribution in [-0.4, -0.2) is 39.2 Å². The fraction of sp³-hybridized carbons (Fsp3) is 0.357. The van der Waals surface area contributed by atoms with Crippen LogP contribution in [0, 0.1) is 0 Å². The highest BCUT2D eigenvalue weighted by molar-refractivity contribution is 5.82. The smallest absolute Gasteiger partial charge is 0.262 e. The summed E-state index contributed by atoms with van der Waals surface area (Å²) >= 11 is 0. The van der Waals surface area contributed by atoms with Crippen molar-refractivity contribution in [3.63, 3.8) is 0 Å². The standard InChI is InChI=1S/C14H15F2N5O/c15-14(16)7-11(19-9-14)13(22)18-8-10-2-4-17-12(6-10)21-5-1-3-20-21/h1-6,11,19H,7-9H2,(H,18,22). The molecule has 1 unspecified atom stereocenters. The van der Waals surface area contributed by atoms with E-state index in [-0.39, 0.29) is 6.54 Å². The van der Waals surface area contributed by atoms with Gasteiger partial charge in [-0.1, -0.05) is 0 Å². The van der Waals surface area contributed by atoms with E-state index < -0.39 is 30.8 Å². The lowest BCUT2D eigenvalue weighted by Crippen LogP contribution is -2.40. The molecular weight excluding hydrogens is 292 g/mol. The highest BCUT2D eigenvalue weighted by Gasteiger charge is 2.42. The van der Waals surface area contributed by atoms with E-state index in [1.165, 1.54) is 0 Å². The molecule has 22 heavy (non-hydrogen) atoms. The molecule has 2 aromatic rings. The van der Waals surface area contributed by atoms with E-state index >= 15 is 0 Å². The Kier molecular flexibility index (Phi) is 3.84. The minimum Gasteiger partial charge on any atom is -0.351 e. The zero-order valence-electron chi connectivity index (χ0n) is 11.7. The number of amides is 1.